The number of nitrogens with zero attached hydrogens (tertiary/aromatic N) is 1. The third-order valence-corrected chi connectivity index (χ3v) is 7.47. The molecule has 2 aliphatic rings. The van der Waals surface area contributed by atoms with Gasteiger partial charge in [-0.05, 0) is 60.2 Å². The molecule has 10 heteroatoms. The Bertz CT molecular complexity index is 1460. The third-order valence-electron chi connectivity index (χ3n) is 7.47. The molecule has 3 aromatic carbocycles. The van der Waals surface area contributed by atoms with E-state index >= 15 is 0 Å². The SMILES string of the molecule is COC(=O)C1=C(c2ccc(F)cc2OCc2ccccc2)CC2CCC1N2C(=O)NCc1ccc(C(F)(F)F)cc1. The number of fused-ring (bicyclic) bond motifs is 2. The fourth-order valence-electron chi connectivity index (χ4n) is 5.53. The number of halogens is 4. The minimum absolute atomic E-state index is 0.0203. The smallest absolute Gasteiger partial charge is 0.416 e. The largest absolute Gasteiger partial charge is 0.488 e. The molecule has 0 aliphatic carbocycles. The highest BCUT2D eigenvalue weighted by atomic mass is 19.4. The zero-order valence-corrected chi connectivity index (χ0v) is 22.2. The Balaban J connectivity index is 1.40. The van der Waals surface area contributed by atoms with Crippen LogP contribution in [0.5, 0.6) is 5.75 Å². The van der Waals surface area contributed by atoms with Gasteiger partial charge in [0.2, 0.25) is 0 Å². The lowest BCUT2D eigenvalue weighted by molar-refractivity contribution is -0.138. The number of amides is 2. The van der Waals surface area contributed by atoms with Gasteiger partial charge in [0.15, 0.2) is 0 Å². The summed E-state index contributed by atoms with van der Waals surface area (Å²) in [4.78, 5) is 28.0. The second kappa shape index (κ2) is 11.6. The zero-order valence-electron chi connectivity index (χ0n) is 22.2. The van der Waals surface area contributed by atoms with Crippen molar-refractivity contribution in [2.75, 3.05) is 7.11 Å². The van der Waals surface area contributed by atoms with Gasteiger partial charge in [-0.1, -0.05) is 42.5 Å². The van der Waals surface area contributed by atoms with E-state index in [0.29, 0.717) is 41.5 Å². The summed E-state index contributed by atoms with van der Waals surface area (Å²) in [5, 5.41) is 2.77. The van der Waals surface area contributed by atoms with Crippen molar-refractivity contribution in [3.63, 3.8) is 0 Å². The molecule has 1 N–H and O–H groups in total. The number of carbonyl (C=O) groups is 2. The standard InChI is InChI=1S/C31H28F4N2O4/c1-40-29(38)28-25(24-13-11-22(32)15-27(24)41-18-20-5-3-2-4-6-20)16-23-12-14-26(28)37(23)30(39)36-17-19-7-9-21(10-8-19)31(33,34)35/h2-11,13,15,23,26H,12,14,16-18H2,1H3,(H,36,39). The van der Waals surface area contributed by atoms with E-state index in [2.05, 4.69) is 5.32 Å². The van der Waals surface area contributed by atoms with Crippen LogP contribution in [0.1, 0.15) is 41.5 Å². The number of urea groups is 1. The van der Waals surface area contributed by atoms with Gasteiger partial charge in [0, 0.05) is 24.2 Å². The van der Waals surface area contributed by atoms with Gasteiger partial charge >= 0.3 is 18.2 Å². The molecule has 0 spiro atoms. The number of hydrogen-bond donors (Lipinski definition) is 1. The number of rotatable bonds is 7. The van der Waals surface area contributed by atoms with Crippen molar-refractivity contribution in [2.24, 2.45) is 0 Å². The molecular weight excluding hydrogens is 540 g/mol. The van der Waals surface area contributed by atoms with Gasteiger partial charge in [0.05, 0.1) is 24.3 Å². The quantitative estimate of drug-likeness (QED) is 0.261. The highest BCUT2D eigenvalue weighted by Gasteiger charge is 2.47. The monoisotopic (exact) mass is 568 g/mol. The number of methoxy groups -OCH3 is 1. The second-order valence-corrected chi connectivity index (χ2v) is 10.0. The Morgan fingerprint density at radius 1 is 0.976 bits per heavy atom. The average Bonchev–Trinajstić information content (AvgIpc) is 3.28. The predicted molar refractivity (Wildman–Crippen MR) is 143 cm³/mol. The van der Waals surface area contributed by atoms with Crippen LogP contribution in [0.3, 0.4) is 0 Å². The van der Waals surface area contributed by atoms with Crippen molar-refractivity contribution < 1.29 is 36.6 Å². The first-order chi connectivity index (χ1) is 19.7. The molecule has 2 bridgehead atoms. The van der Waals surface area contributed by atoms with Crippen molar-refractivity contribution in [1.29, 1.82) is 0 Å². The molecule has 0 radical (unpaired) electrons. The summed E-state index contributed by atoms with van der Waals surface area (Å²) in [7, 11) is 1.26. The molecule has 2 atom stereocenters. The summed E-state index contributed by atoms with van der Waals surface area (Å²) < 4.78 is 64.1. The van der Waals surface area contributed by atoms with Gasteiger partial charge in [-0.25, -0.2) is 14.0 Å². The van der Waals surface area contributed by atoms with Crippen LogP contribution in [0.2, 0.25) is 0 Å². The summed E-state index contributed by atoms with van der Waals surface area (Å²) in [6.45, 7) is 0.218. The Labute approximate surface area is 234 Å². The third kappa shape index (κ3) is 6.06. The van der Waals surface area contributed by atoms with Gasteiger partial charge in [-0.15, -0.1) is 0 Å². The van der Waals surface area contributed by atoms with Crippen molar-refractivity contribution in [1.82, 2.24) is 10.2 Å². The molecule has 2 amide bonds. The topological polar surface area (TPSA) is 67.9 Å². The van der Waals surface area contributed by atoms with Crippen LogP contribution >= 0.6 is 0 Å². The maximum atomic E-state index is 14.3. The van der Waals surface area contributed by atoms with Crippen LogP contribution in [0, 0.1) is 5.82 Å². The number of alkyl halides is 3. The van der Waals surface area contributed by atoms with Gasteiger partial charge in [0.1, 0.15) is 18.2 Å². The van der Waals surface area contributed by atoms with Gasteiger partial charge in [0.25, 0.3) is 0 Å². The number of ether oxygens (including phenoxy) is 2. The number of esters is 1. The molecule has 0 aromatic heterocycles. The summed E-state index contributed by atoms with van der Waals surface area (Å²) in [6, 6.07) is 16.9. The molecule has 2 heterocycles. The molecule has 214 valence electrons. The van der Waals surface area contributed by atoms with Crippen molar-refractivity contribution in [3.8, 4) is 5.75 Å². The Morgan fingerprint density at radius 3 is 2.39 bits per heavy atom. The maximum absolute atomic E-state index is 14.3. The highest BCUT2D eigenvalue weighted by molar-refractivity contribution is 6.01. The van der Waals surface area contributed by atoms with E-state index < -0.39 is 35.6 Å². The number of benzene rings is 3. The molecule has 3 aromatic rings. The van der Waals surface area contributed by atoms with E-state index in [0.717, 1.165) is 17.7 Å². The van der Waals surface area contributed by atoms with Crippen molar-refractivity contribution in [2.45, 2.75) is 50.7 Å². The summed E-state index contributed by atoms with van der Waals surface area (Å²) in [5.41, 5.74) is 2.14. The molecule has 1 fully saturated rings. The molecule has 0 saturated carbocycles. The number of carbonyl (C=O) groups excluding carboxylic acids is 2. The number of nitrogens with one attached hydrogen (secondary N) is 1. The molecule has 2 aliphatic heterocycles. The molecule has 41 heavy (non-hydrogen) atoms. The maximum Gasteiger partial charge on any atom is 0.416 e. The lowest BCUT2D eigenvalue weighted by atomic mass is 9.88. The first-order valence-corrected chi connectivity index (χ1v) is 13.2. The summed E-state index contributed by atoms with van der Waals surface area (Å²) in [6.07, 6.45) is -2.97. The molecule has 2 unspecified atom stereocenters. The Kier molecular flexibility index (Phi) is 8.01. The van der Waals surface area contributed by atoms with Crippen LogP contribution in [0.4, 0.5) is 22.4 Å². The van der Waals surface area contributed by atoms with E-state index in [1.54, 1.807) is 11.0 Å². The minimum atomic E-state index is -4.44. The van der Waals surface area contributed by atoms with E-state index in [9.17, 15) is 27.2 Å². The highest BCUT2D eigenvalue weighted by Crippen LogP contribution is 2.45. The van der Waals surface area contributed by atoms with Crippen LogP contribution < -0.4 is 10.1 Å². The van der Waals surface area contributed by atoms with Crippen LogP contribution in [-0.4, -0.2) is 36.1 Å². The van der Waals surface area contributed by atoms with E-state index in [4.69, 9.17) is 9.47 Å². The van der Waals surface area contributed by atoms with Crippen LogP contribution in [0.15, 0.2) is 78.4 Å². The summed E-state index contributed by atoms with van der Waals surface area (Å²) in [5.74, 6) is -0.797. The lowest BCUT2D eigenvalue weighted by Gasteiger charge is -2.37. The Morgan fingerprint density at radius 2 is 1.71 bits per heavy atom. The van der Waals surface area contributed by atoms with E-state index in [1.807, 2.05) is 30.3 Å². The summed E-state index contributed by atoms with van der Waals surface area (Å²) >= 11 is 0. The van der Waals surface area contributed by atoms with E-state index in [1.165, 1.54) is 31.4 Å². The van der Waals surface area contributed by atoms with E-state index in [-0.39, 0.29) is 24.9 Å². The molecule has 1 saturated heterocycles. The normalized spacial score (nSPS) is 18.3. The lowest BCUT2D eigenvalue weighted by Crippen LogP contribution is -2.50. The molecular formula is C31H28F4N2O4. The first kappa shape index (κ1) is 28.2. The van der Waals surface area contributed by atoms with Crippen LogP contribution in [0.25, 0.3) is 5.57 Å². The van der Waals surface area contributed by atoms with Crippen molar-refractivity contribution in [3.05, 3.63) is 106 Å². The number of hydrogen-bond acceptors (Lipinski definition) is 4. The fourth-order valence-corrected chi connectivity index (χ4v) is 5.53. The average molecular weight is 569 g/mol. The predicted octanol–water partition coefficient (Wildman–Crippen LogP) is 6.50. The first-order valence-electron chi connectivity index (χ1n) is 13.2. The molecule has 5 rings (SSSR count). The van der Waals surface area contributed by atoms with Gasteiger partial charge < -0.3 is 19.7 Å². The minimum Gasteiger partial charge on any atom is -0.488 e. The molecule has 6 nitrogen and oxygen atoms in total. The van der Waals surface area contributed by atoms with Gasteiger partial charge in [-0.3, -0.25) is 0 Å². The van der Waals surface area contributed by atoms with Gasteiger partial charge in [-0.2, -0.15) is 13.2 Å². The van der Waals surface area contributed by atoms with Crippen molar-refractivity contribution >= 4 is 17.6 Å². The zero-order chi connectivity index (χ0) is 29.1. The fraction of sp³-hybridized carbons (Fsp3) is 0.290. The Hall–Kier alpha value is -4.34. The second-order valence-electron chi connectivity index (χ2n) is 10.0. The van der Waals surface area contributed by atoms with Crippen LogP contribution in [-0.2, 0) is 28.9 Å².